The molecule has 12 heteroatoms. The summed E-state index contributed by atoms with van der Waals surface area (Å²) in [7, 11) is -4.77. The number of allylic oxidation sites excluding steroid dienone is 14. The summed E-state index contributed by atoms with van der Waals surface area (Å²) < 4.78 is 27.0. The number of carbonyl (C=O) groups excluding carboxylic acids is 2. The number of aliphatic hydroxyl groups is 1. The Morgan fingerprint density at radius 3 is 1.32 bits per heavy atom. The zero-order valence-electron chi connectivity index (χ0n) is 41.2. The van der Waals surface area contributed by atoms with Crippen molar-refractivity contribution < 1.29 is 47.8 Å². The Hall–Kier alpha value is -3.34. The molecular formula is C54H92NO10P. The lowest BCUT2D eigenvalue weighted by atomic mass is 10.1. The third-order valence-corrected chi connectivity index (χ3v) is 11.6. The number of rotatable bonds is 47. The number of ether oxygens (including phenoxy) is 1. The van der Waals surface area contributed by atoms with Gasteiger partial charge in [-0.3, -0.25) is 18.6 Å². The monoisotopic (exact) mass is 946 g/mol. The van der Waals surface area contributed by atoms with Crippen molar-refractivity contribution in [3.8, 4) is 0 Å². The van der Waals surface area contributed by atoms with Crippen molar-refractivity contribution in [2.45, 2.75) is 219 Å². The molecule has 3 atom stereocenters. The Morgan fingerprint density at radius 1 is 0.500 bits per heavy atom. The average Bonchev–Trinajstić information content (AvgIpc) is 3.29. The van der Waals surface area contributed by atoms with Gasteiger partial charge in [-0.1, -0.05) is 189 Å². The molecule has 0 rings (SSSR count). The van der Waals surface area contributed by atoms with Crippen LogP contribution in [-0.2, 0) is 32.7 Å². The molecule has 0 aliphatic rings. The van der Waals surface area contributed by atoms with E-state index < -0.39 is 57.6 Å². The minimum absolute atomic E-state index is 0.128. The predicted octanol–water partition coefficient (Wildman–Crippen LogP) is 14.2. The third-order valence-electron chi connectivity index (χ3n) is 10.7. The molecule has 66 heavy (non-hydrogen) atoms. The number of aliphatic carboxylic acids is 1. The van der Waals surface area contributed by atoms with Gasteiger partial charge in [0.25, 0.3) is 0 Å². The summed E-state index contributed by atoms with van der Waals surface area (Å²) in [6.07, 6.45) is 60.2. The highest BCUT2D eigenvalue weighted by Gasteiger charge is 2.28. The Bertz CT molecular complexity index is 1440. The number of phosphoric acid groups is 1. The van der Waals surface area contributed by atoms with Crippen LogP contribution in [0.25, 0.3) is 0 Å². The van der Waals surface area contributed by atoms with Gasteiger partial charge in [0.2, 0.25) is 5.91 Å². The summed E-state index contributed by atoms with van der Waals surface area (Å²) in [5.74, 6) is -2.40. The lowest BCUT2D eigenvalue weighted by molar-refractivity contribution is -0.147. The van der Waals surface area contributed by atoms with Crippen LogP contribution < -0.4 is 5.32 Å². The number of esters is 1. The van der Waals surface area contributed by atoms with Gasteiger partial charge >= 0.3 is 19.8 Å². The molecule has 0 aromatic rings. The standard InChI is InChI=1S/C54H92NO10P/c1-3-5-7-9-11-13-15-17-19-21-23-24-25-26-28-29-31-33-35-37-39-41-43-45-52(57)55-51(54(59)60)49-65-66(61,62)64-48-50(56)47-63-53(58)46-44-42-40-38-36-34-32-30-27-22-20-18-16-14-12-10-8-6-4-2/h5,7,11-14,17-20,23-24,26,28,50-51,56H,3-4,6,8-10,15-16,21-22,25,27,29-49H2,1-2H3,(H,55,57)(H,59,60)(H,61,62)/b7-5-,13-11-,14-12-,19-17-,20-18-,24-23-,28-26-. The lowest BCUT2D eigenvalue weighted by Crippen LogP contribution is -2.43. The van der Waals surface area contributed by atoms with Crippen LogP contribution in [0.2, 0.25) is 0 Å². The summed E-state index contributed by atoms with van der Waals surface area (Å²) in [4.78, 5) is 46.1. The van der Waals surface area contributed by atoms with Gasteiger partial charge in [-0.15, -0.1) is 0 Å². The Morgan fingerprint density at radius 2 is 0.879 bits per heavy atom. The van der Waals surface area contributed by atoms with Gasteiger partial charge in [-0.2, -0.15) is 0 Å². The molecule has 0 aliphatic heterocycles. The van der Waals surface area contributed by atoms with E-state index in [1.807, 2.05) is 0 Å². The molecule has 11 nitrogen and oxygen atoms in total. The van der Waals surface area contributed by atoms with E-state index in [0.29, 0.717) is 12.8 Å². The average molecular weight is 946 g/mol. The van der Waals surface area contributed by atoms with Crippen LogP contribution in [-0.4, -0.2) is 64.9 Å². The van der Waals surface area contributed by atoms with E-state index in [1.165, 1.54) is 57.8 Å². The zero-order chi connectivity index (χ0) is 48.4. The number of amides is 1. The Balaban J connectivity index is 3.88. The maximum Gasteiger partial charge on any atom is 0.472 e. The summed E-state index contributed by atoms with van der Waals surface area (Å²) in [5.41, 5.74) is 0. The topological polar surface area (TPSA) is 169 Å². The van der Waals surface area contributed by atoms with E-state index in [-0.39, 0.29) is 12.8 Å². The number of nitrogens with one attached hydrogen (secondary N) is 1. The molecule has 0 aromatic heterocycles. The maximum absolute atomic E-state index is 12.4. The number of carboxylic acid groups (broad SMARTS) is 1. The Kier molecular flexibility index (Phi) is 45.7. The molecule has 0 fully saturated rings. The van der Waals surface area contributed by atoms with Crippen molar-refractivity contribution in [2.75, 3.05) is 19.8 Å². The molecule has 378 valence electrons. The van der Waals surface area contributed by atoms with Crippen LogP contribution in [0.5, 0.6) is 0 Å². The molecular weight excluding hydrogens is 854 g/mol. The smallest absolute Gasteiger partial charge is 0.472 e. The van der Waals surface area contributed by atoms with Gasteiger partial charge in [0.1, 0.15) is 12.7 Å². The van der Waals surface area contributed by atoms with Crippen molar-refractivity contribution in [1.82, 2.24) is 5.32 Å². The molecule has 0 saturated carbocycles. The largest absolute Gasteiger partial charge is 0.480 e. The van der Waals surface area contributed by atoms with Gasteiger partial charge in [-0.05, 0) is 89.9 Å². The van der Waals surface area contributed by atoms with E-state index in [4.69, 9.17) is 13.8 Å². The molecule has 3 unspecified atom stereocenters. The van der Waals surface area contributed by atoms with Crippen molar-refractivity contribution in [3.63, 3.8) is 0 Å². The summed E-state index contributed by atoms with van der Waals surface area (Å²) in [5, 5.41) is 21.9. The number of aliphatic hydroxyl groups excluding tert-OH is 1. The fourth-order valence-electron chi connectivity index (χ4n) is 6.72. The molecule has 0 aromatic carbocycles. The first-order valence-corrected chi connectivity index (χ1v) is 27.1. The molecule has 0 spiro atoms. The zero-order valence-corrected chi connectivity index (χ0v) is 42.1. The number of hydrogen-bond donors (Lipinski definition) is 4. The van der Waals surface area contributed by atoms with E-state index in [1.54, 1.807) is 0 Å². The maximum atomic E-state index is 12.4. The molecule has 0 radical (unpaired) electrons. The van der Waals surface area contributed by atoms with Crippen molar-refractivity contribution in [2.24, 2.45) is 0 Å². The van der Waals surface area contributed by atoms with Crippen molar-refractivity contribution in [1.29, 1.82) is 0 Å². The van der Waals surface area contributed by atoms with Crippen LogP contribution in [0.3, 0.4) is 0 Å². The van der Waals surface area contributed by atoms with Gasteiger partial charge in [0.05, 0.1) is 13.2 Å². The highest BCUT2D eigenvalue weighted by atomic mass is 31.2. The van der Waals surface area contributed by atoms with E-state index in [9.17, 15) is 34.1 Å². The molecule has 1 amide bonds. The number of phosphoric ester groups is 1. The first-order valence-electron chi connectivity index (χ1n) is 25.6. The minimum atomic E-state index is -4.77. The van der Waals surface area contributed by atoms with Crippen LogP contribution in [0.4, 0.5) is 0 Å². The van der Waals surface area contributed by atoms with Gasteiger partial charge in [-0.25, -0.2) is 9.36 Å². The highest BCUT2D eigenvalue weighted by Crippen LogP contribution is 2.43. The van der Waals surface area contributed by atoms with Gasteiger partial charge in [0.15, 0.2) is 6.04 Å². The quantitative estimate of drug-likeness (QED) is 0.0199. The molecule has 0 heterocycles. The van der Waals surface area contributed by atoms with Crippen molar-refractivity contribution in [3.05, 3.63) is 85.1 Å². The molecule has 0 bridgehead atoms. The number of carbonyl (C=O) groups is 3. The molecule has 0 aliphatic carbocycles. The first-order chi connectivity index (χ1) is 32.1. The second-order valence-electron chi connectivity index (χ2n) is 17.0. The number of carboxylic acids is 1. The highest BCUT2D eigenvalue weighted by molar-refractivity contribution is 7.47. The fraction of sp³-hybridized carbons (Fsp3) is 0.685. The second-order valence-corrected chi connectivity index (χ2v) is 18.4. The molecule has 4 N–H and O–H groups in total. The minimum Gasteiger partial charge on any atom is -0.480 e. The lowest BCUT2D eigenvalue weighted by Gasteiger charge is -2.18. The third kappa shape index (κ3) is 47.2. The second kappa shape index (κ2) is 48.1. The molecule has 0 saturated heterocycles. The SMILES string of the molecule is CC/C=C\C/C=C\C/C=C\C/C=C\C/C=C\CCCCCCCCCC(=O)NC(COP(=O)(O)OCC(O)COC(=O)CCCCCCCCCCC/C=C\C/C=C\CCCCC)C(=O)O. The summed E-state index contributed by atoms with van der Waals surface area (Å²) in [6.45, 7) is 2.46. The van der Waals surface area contributed by atoms with Crippen LogP contribution in [0, 0.1) is 0 Å². The van der Waals surface area contributed by atoms with Crippen LogP contribution in [0.1, 0.15) is 206 Å². The normalized spacial score (nSPS) is 14.2. The number of hydrogen-bond acceptors (Lipinski definition) is 8. The van der Waals surface area contributed by atoms with Gasteiger partial charge in [0, 0.05) is 12.8 Å². The fourth-order valence-corrected chi connectivity index (χ4v) is 7.50. The van der Waals surface area contributed by atoms with E-state index >= 15 is 0 Å². The van der Waals surface area contributed by atoms with Gasteiger partial charge < -0.3 is 25.2 Å². The predicted molar refractivity (Wildman–Crippen MR) is 272 cm³/mol. The summed E-state index contributed by atoms with van der Waals surface area (Å²) in [6, 6.07) is -1.56. The Labute approximate surface area is 401 Å². The van der Waals surface area contributed by atoms with Crippen LogP contribution in [0.15, 0.2) is 85.1 Å². The van der Waals surface area contributed by atoms with Crippen molar-refractivity contribution >= 4 is 25.7 Å². The van der Waals surface area contributed by atoms with E-state index in [2.05, 4.69) is 104 Å². The number of unbranched alkanes of at least 4 members (excludes halogenated alkanes) is 19. The van der Waals surface area contributed by atoms with E-state index in [0.717, 1.165) is 109 Å². The summed E-state index contributed by atoms with van der Waals surface area (Å²) >= 11 is 0. The van der Waals surface area contributed by atoms with Crippen LogP contribution >= 0.6 is 7.82 Å². The first kappa shape index (κ1) is 62.7.